The summed E-state index contributed by atoms with van der Waals surface area (Å²) >= 11 is 3.24. The fourth-order valence-electron chi connectivity index (χ4n) is 7.95. The minimum absolute atomic E-state index is 0.00824. The van der Waals surface area contributed by atoms with Gasteiger partial charge in [0.2, 0.25) is 0 Å². The van der Waals surface area contributed by atoms with Crippen molar-refractivity contribution in [1.82, 2.24) is 15.5 Å². The maximum Gasteiger partial charge on any atom is 0.319 e. The van der Waals surface area contributed by atoms with E-state index in [0.717, 1.165) is 74.5 Å². The first-order chi connectivity index (χ1) is 20.4. The largest absolute Gasteiger partial charge is 0.392 e. The summed E-state index contributed by atoms with van der Waals surface area (Å²) in [5.41, 5.74) is 3.46. The number of hydrogen-bond acceptors (Lipinski definition) is 8. The molecule has 1 saturated heterocycles. The fourth-order valence-corrected chi connectivity index (χ4v) is 9.81. The molecule has 3 atom stereocenters. The Kier molecular flexibility index (Phi) is 8.00. The Morgan fingerprint density at radius 3 is 2.40 bits per heavy atom. The monoisotopic (exact) mass is 606 g/mol. The molecule has 42 heavy (non-hydrogen) atoms. The second kappa shape index (κ2) is 11.9. The third-order valence-electron chi connectivity index (χ3n) is 9.35. The van der Waals surface area contributed by atoms with Crippen LogP contribution in [0.4, 0.5) is 10.5 Å². The summed E-state index contributed by atoms with van der Waals surface area (Å²) in [7, 11) is 0. The third kappa shape index (κ3) is 6.24. The number of aromatic nitrogens is 2. The van der Waals surface area contributed by atoms with Crippen LogP contribution in [-0.2, 0) is 16.1 Å². The Labute approximate surface area is 255 Å². The van der Waals surface area contributed by atoms with Crippen LogP contribution < -0.4 is 10.6 Å². The van der Waals surface area contributed by atoms with E-state index in [0.29, 0.717) is 6.42 Å². The lowest BCUT2D eigenvalue weighted by atomic mass is 9.53. The average molecular weight is 607 g/mol. The first kappa shape index (κ1) is 28.3. The van der Waals surface area contributed by atoms with Gasteiger partial charge in [0.25, 0.3) is 0 Å². The molecule has 4 aliphatic carbocycles. The maximum atomic E-state index is 13.2. The van der Waals surface area contributed by atoms with Gasteiger partial charge in [-0.3, -0.25) is 0 Å². The summed E-state index contributed by atoms with van der Waals surface area (Å²) in [4.78, 5) is 13.2. The molecule has 222 valence electrons. The molecule has 1 aliphatic heterocycles. The number of aliphatic hydroxyl groups excluding tert-OH is 1. The highest BCUT2D eigenvalue weighted by Gasteiger charge is 2.51. The summed E-state index contributed by atoms with van der Waals surface area (Å²) < 4.78 is 13.9. The number of carbonyl (C=O) groups excluding carboxylic acids is 1. The molecule has 0 radical (unpaired) electrons. The number of nitrogens with zero attached hydrogens (tertiary/aromatic N) is 2. The predicted molar refractivity (Wildman–Crippen MR) is 163 cm³/mol. The number of carbonyl (C=O) groups is 1. The van der Waals surface area contributed by atoms with Crippen LogP contribution in [0.5, 0.6) is 0 Å². The summed E-state index contributed by atoms with van der Waals surface area (Å²) in [6.07, 6.45) is 7.26. The zero-order chi connectivity index (χ0) is 28.7. The van der Waals surface area contributed by atoms with E-state index in [-0.39, 0.29) is 30.4 Å². The molecule has 4 saturated carbocycles. The van der Waals surface area contributed by atoms with Gasteiger partial charge in [-0.05, 0) is 86.5 Å². The number of anilines is 1. The number of thioether (sulfide) groups is 1. The second-order valence-corrected chi connectivity index (χ2v) is 15.1. The lowest BCUT2D eigenvalue weighted by molar-refractivity contribution is -0.245. The van der Waals surface area contributed by atoms with Crippen molar-refractivity contribution < 1.29 is 19.4 Å². The first-order valence-electron chi connectivity index (χ1n) is 15.0. The molecule has 2 amide bonds. The minimum Gasteiger partial charge on any atom is -0.392 e. The van der Waals surface area contributed by atoms with Crippen molar-refractivity contribution in [2.24, 2.45) is 17.8 Å². The Hall–Kier alpha value is -2.50. The Balaban J connectivity index is 1.05. The van der Waals surface area contributed by atoms with E-state index in [9.17, 15) is 9.90 Å². The van der Waals surface area contributed by atoms with Gasteiger partial charge in [-0.25, -0.2) is 4.79 Å². The number of hydrogen-bond donors (Lipinski definition) is 3. The normalized spacial score (nSPS) is 31.7. The molecule has 0 spiro atoms. The van der Waals surface area contributed by atoms with Gasteiger partial charge in [0.1, 0.15) is 5.01 Å². The summed E-state index contributed by atoms with van der Waals surface area (Å²) in [6, 6.07) is 15.6. The van der Waals surface area contributed by atoms with Crippen LogP contribution in [0.3, 0.4) is 0 Å². The molecular weight excluding hydrogens is 569 g/mol. The van der Waals surface area contributed by atoms with Crippen molar-refractivity contribution in [3.05, 3.63) is 70.2 Å². The number of nitrogens with one attached hydrogen (secondary N) is 2. The Bertz CT molecular complexity index is 1380. The number of aryl methyl sites for hydroxylation is 1. The van der Waals surface area contributed by atoms with Crippen LogP contribution >= 0.6 is 23.1 Å². The molecule has 8 rings (SSSR count). The van der Waals surface area contributed by atoms with Crippen LogP contribution in [0.25, 0.3) is 0 Å². The Morgan fingerprint density at radius 1 is 1.00 bits per heavy atom. The SMILES string of the molecule is Cc1nnc(SCC2CC(c3ccc(CO)cc3)OC(c3cccc(NC(=O)NC45CC6CC(CC(C6)C4)C5)c3)O2)s1. The molecule has 4 bridgehead atoms. The molecule has 8 nitrogen and oxygen atoms in total. The lowest BCUT2D eigenvalue weighted by Gasteiger charge is -2.56. The predicted octanol–water partition coefficient (Wildman–Crippen LogP) is 6.77. The maximum absolute atomic E-state index is 13.2. The van der Waals surface area contributed by atoms with Crippen molar-refractivity contribution >= 4 is 34.8 Å². The van der Waals surface area contributed by atoms with Crippen LogP contribution in [0.15, 0.2) is 52.9 Å². The topological polar surface area (TPSA) is 106 Å². The number of benzene rings is 2. The number of ether oxygens (including phenoxy) is 2. The smallest absolute Gasteiger partial charge is 0.319 e. The summed E-state index contributed by atoms with van der Waals surface area (Å²) in [5, 5.41) is 25.3. The highest BCUT2D eigenvalue weighted by Crippen LogP contribution is 2.55. The average Bonchev–Trinajstić information content (AvgIpc) is 3.40. The number of aliphatic hydroxyl groups is 1. The molecule has 5 aliphatic rings. The molecule has 2 aromatic carbocycles. The summed E-state index contributed by atoms with van der Waals surface area (Å²) in [5.74, 6) is 3.05. The fraction of sp³-hybridized carbons (Fsp3) is 0.531. The van der Waals surface area contributed by atoms with Crippen LogP contribution in [-0.4, -0.2) is 38.7 Å². The van der Waals surface area contributed by atoms with Gasteiger partial charge in [0, 0.05) is 29.0 Å². The van der Waals surface area contributed by atoms with E-state index in [4.69, 9.17) is 9.47 Å². The third-order valence-corrected chi connectivity index (χ3v) is 11.5. The molecule has 2 heterocycles. The Morgan fingerprint density at radius 2 is 1.74 bits per heavy atom. The van der Waals surface area contributed by atoms with Gasteiger partial charge in [0.05, 0.1) is 18.8 Å². The van der Waals surface area contributed by atoms with Crippen molar-refractivity contribution in [3.8, 4) is 0 Å². The van der Waals surface area contributed by atoms with Gasteiger partial charge in [-0.1, -0.05) is 59.5 Å². The zero-order valence-electron chi connectivity index (χ0n) is 23.8. The number of rotatable bonds is 8. The van der Waals surface area contributed by atoms with Crippen molar-refractivity contribution in [1.29, 1.82) is 0 Å². The van der Waals surface area contributed by atoms with Gasteiger partial charge >= 0.3 is 6.03 Å². The van der Waals surface area contributed by atoms with Crippen LogP contribution in [0.1, 0.15) is 79.0 Å². The summed E-state index contributed by atoms with van der Waals surface area (Å²) in [6.45, 7) is 1.97. The molecule has 1 aromatic heterocycles. The van der Waals surface area contributed by atoms with Gasteiger partial charge < -0.3 is 25.2 Å². The van der Waals surface area contributed by atoms with E-state index in [1.165, 1.54) is 19.3 Å². The molecule has 10 heteroatoms. The van der Waals surface area contributed by atoms with E-state index >= 15 is 0 Å². The lowest BCUT2D eigenvalue weighted by Crippen LogP contribution is -2.60. The molecule has 3 aromatic rings. The zero-order valence-corrected chi connectivity index (χ0v) is 25.5. The van der Waals surface area contributed by atoms with E-state index in [1.54, 1.807) is 23.1 Å². The van der Waals surface area contributed by atoms with Crippen molar-refractivity contribution in [2.45, 2.75) is 86.9 Å². The van der Waals surface area contributed by atoms with Crippen molar-refractivity contribution in [2.75, 3.05) is 11.1 Å². The standard InChI is InChI=1S/C32H38N4O4S2/c1-19-35-36-31(42-19)41-18-27-13-28(24-7-5-20(17-37)6-8-24)40-29(39-27)25-3-2-4-26(12-25)33-30(38)34-32-14-21-9-22(15-32)11-23(10-21)16-32/h2-8,12,21-23,27-29,37H,9-11,13-18H2,1H3,(H2,33,34,38). The van der Waals surface area contributed by atoms with Gasteiger partial charge in [-0.15, -0.1) is 10.2 Å². The highest BCUT2D eigenvalue weighted by atomic mass is 32.2. The van der Waals surface area contributed by atoms with E-state index in [1.807, 2.05) is 55.5 Å². The van der Waals surface area contributed by atoms with Crippen LogP contribution in [0, 0.1) is 24.7 Å². The van der Waals surface area contributed by atoms with Gasteiger partial charge in [-0.2, -0.15) is 0 Å². The van der Waals surface area contributed by atoms with Gasteiger partial charge in [0.15, 0.2) is 10.6 Å². The minimum atomic E-state index is -0.587. The number of urea groups is 1. The molecule has 3 N–H and O–H groups in total. The second-order valence-electron chi connectivity index (χ2n) is 12.7. The molecular formula is C32H38N4O4S2. The molecule has 3 unspecified atom stereocenters. The number of amides is 2. The highest BCUT2D eigenvalue weighted by molar-refractivity contribution is 8.01. The van der Waals surface area contributed by atoms with Crippen LogP contribution in [0.2, 0.25) is 0 Å². The van der Waals surface area contributed by atoms with E-state index in [2.05, 4.69) is 20.8 Å². The quantitative estimate of drug-likeness (QED) is 0.243. The molecule has 5 fully saturated rings. The van der Waals surface area contributed by atoms with Crippen molar-refractivity contribution in [3.63, 3.8) is 0 Å². The first-order valence-corrected chi connectivity index (χ1v) is 16.8. The van der Waals surface area contributed by atoms with E-state index < -0.39 is 6.29 Å².